The Bertz CT molecular complexity index is 404. The molecule has 0 spiro atoms. The molecule has 0 aromatic rings. The van der Waals surface area contributed by atoms with Crippen LogP contribution in [0.25, 0.3) is 0 Å². The molecule has 0 saturated carbocycles. The summed E-state index contributed by atoms with van der Waals surface area (Å²) in [6.07, 6.45) is -0.883. The van der Waals surface area contributed by atoms with Gasteiger partial charge < -0.3 is 15.2 Å². The normalized spacial score (nSPS) is 25.4. The molecule has 1 heterocycles. The quantitative estimate of drug-likeness (QED) is 0.249. The van der Waals surface area contributed by atoms with Gasteiger partial charge in [-0.25, -0.2) is 4.79 Å². The number of methoxy groups -OCH3 is 1. The lowest BCUT2D eigenvalue weighted by Crippen LogP contribution is -2.65. The van der Waals surface area contributed by atoms with Crippen molar-refractivity contribution in [2.45, 2.75) is 26.0 Å². The third-order valence-corrected chi connectivity index (χ3v) is 3.11. The second-order valence-electron chi connectivity index (χ2n) is 4.32. The van der Waals surface area contributed by atoms with Crippen molar-refractivity contribution in [3.8, 4) is 0 Å². The van der Waals surface area contributed by atoms with Gasteiger partial charge in [-0.1, -0.05) is 6.92 Å². The van der Waals surface area contributed by atoms with E-state index in [4.69, 9.17) is 5.41 Å². The minimum atomic E-state index is -1.01. The van der Waals surface area contributed by atoms with Crippen LogP contribution in [0.1, 0.15) is 13.8 Å². The second-order valence-corrected chi connectivity index (χ2v) is 4.32. The molecule has 7 nitrogen and oxygen atoms in total. The van der Waals surface area contributed by atoms with Gasteiger partial charge in [0.15, 0.2) is 11.5 Å². The van der Waals surface area contributed by atoms with Crippen LogP contribution in [0.2, 0.25) is 0 Å². The van der Waals surface area contributed by atoms with Gasteiger partial charge in [0.25, 0.3) is 0 Å². The molecule has 0 unspecified atom stereocenters. The molecule has 4 atom stereocenters. The number of amides is 1. The van der Waals surface area contributed by atoms with Crippen LogP contribution < -0.4 is 5.32 Å². The maximum atomic E-state index is 11.8. The lowest BCUT2D eigenvalue weighted by atomic mass is 9.76. The Hall–Kier alpha value is -1.76. The van der Waals surface area contributed by atoms with E-state index in [2.05, 4.69) is 10.1 Å². The molecule has 0 aromatic heterocycles. The van der Waals surface area contributed by atoms with Crippen molar-refractivity contribution in [3.05, 3.63) is 0 Å². The van der Waals surface area contributed by atoms with Crippen LogP contribution in [0.5, 0.6) is 0 Å². The minimum absolute atomic E-state index is 0.334. The highest BCUT2D eigenvalue weighted by Crippen LogP contribution is 2.26. The molecule has 1 fully saturated rings. The Morgan fingerprint density at radius 3 is 2.39 bits per heavy atom. The van der Waals surface area contributed by atoms with Crippen molar-refractivity contribution in [1.29, 1.82) is 5.41 Å². The summed E-state index contributed by atoms with van der Waals surface area (Å²) in [4.78, 5) is 34.1. The van der Waals surface area contributed by atoms with Crippen molar-refractivity contribution in [2.75, 3.05) is 7.11 Å². The van der Waals surface area contributed by atoms with E-state index in [0.717, 1.165) is 7.11 Å². The summed E-state index contributed by atoms with van der Waals surface area (Å²) < 4.78 is 4.29. The van der Waals surface area contributed by atoms with Gasteiger partial charge in [-0.05, 0) is 6.92 Å². The molecule has 18 heavy (non-hydrogen) atoms. The van der Waals surface area contributed by atoms with Crippen molar-refractivity contribution in [1.82, 2.24) is 5.32 Å². The number of Topliss-reactive ketones (excluding diaryl/α,β-unsaturated/α-hetero) is 1. The van der Waals surface area contributed by atoms with E-state index >= 15 is 0 Å². The zero-order valence-electron chi connectivity index (χ0n) is 10.4. The number of aliphatic hydroxyl groups excluding tert-OH is 1. The number of hydrogen-bond acceptors (Lipinski definition) is 6. The number of ketones is 1. The Morgan fingerprint density at radius 2 is 2.00 bits per heavy atom. The molecule has 1 aliphatic heterocycles. The van der Waals surface area contributed by atoms with E-state index in [1.54, 1.807) is 0 Å². The number of hydrogen-bond donors (Lipinski definition) is 3. The number of esters is 1. The van der Waals surface area contributed by atoms with E-state index < -0.39 is 41.4 Å². The Balaban J connectivity index is 2.74. The number of β-lactam (4-membered cyclic amide) rings is 1. The summed E-state index contributed by atoms with van der Waals surface area (Å²) >= 11 is 0. The zero-order valence-corrected chi connectivity index (χ0v) is 10.4. The fourth-order valence-corrected chi connectivity index (χ4v) is 1.97. The van der Waals surface area contributed by atoms with Crippen molar-refractivity contribution in [3.63, 3.8) is 0 Å². The molecule has 1 amide bonds. The Labute approximate surface area is 104 Å². The lowest BCUT2D eigenvalue weighted by molar-refractivity contribution is -0.143. The van der Waals surface area contributed by atoms with E-state index in [1.165, 1.54) is 13.8 Å². The molecular weight excluding hydrogens is 240 g/mol. The predicted molar refractivity (Wildman–Crippen MR) is 61.0 cm³/mol. The highest BCUT2D eigenvalue weighted by Gasteiger charge is 2.48. The van der Waals surface area contributed by atoms with Gasteiger partial charge in [0.05, 0.1) is 25.2 Å². The summed E-state index contributed by atoms with van der Waals surface area (Å²) in [5.41, 5.74) is -0.754. The highest BCUT2D eigenvalue weighted by atomic mass is 16.5. The largest absolute Gasteiger partial charge is 0.464 e. The Morgan fingerprint density at radius 1 is 1.44 bits per heavy atom. The van der Waals surface area contributed by atoms with Crippen molar-refractivity contribution >= 4 is 23.4 Å². The summed E-state index contributed by atoms with van der Waals surface area (Å²) in [6, 6.07) is -0.560. The average Bonchev–Trinajstić information content (AvgIpc) is 2.31. The summed E-state index contributed by atoms with van der Waals surface area (Å²) in [6.45, 7) is 2.96. The van der Waals surface area contributed by atoms with Crippen LogP contribution in [0.4, 0.5) is 0 Å². The van der Waals surface area contributed by atoms with Crippen LogP contribution in [0.15, 0.2) is 0 Å². The second kappa shape index (κ2) is 5.26. The summed E-state index contributed by atoms with van der Waals surface area (Å²) in [7, 11) is 1.08. The average molecular weight is 256 g/mol. The molecule has 1 rings (SSSR count). The fourth-order valence-electron chi connectivity index (χ4n) is 1.97. The fraction of sp³-hybridized carbons (Fsp3) is 0.636. The van der Waals surface area contributed by atoms with Gasteiger partial charge in [-0.3, -0.25) is 15.0 Å². The third-order valence-electron chi connectivity index (χ3n) is 3.11. The molecule has 1 aliphatic rings. The third kappa shape index (κ3) is 2.40. The van der Waals surface area contributed by atoms with E-state index in [9.17, 15) is 19.5 Å². The van der Waals surface area contributed by atoms with E-state index in [1.807, 2.05) is 0 Å². The van der Waals surface area contributed by atoms with E-state index in [-0.39, 0.29) is 5.91 Å². The van der Waals surface area contributed by atoms with Crippen LogP contribution in [0, 0.1) is 17.2 Å². The molecule has 1 saturated heterocycles. The smallest absolute Gasteiger partial charge is 0.359 e. The van der Waals surface area contributed by atoms with Gasteiger partial charge in [0.1, 0.15) is 0 Å². The van der Waals surface area contributed by atoms with Crippen molar-refractivity contribution < 1.29 is 24.2 Å². The lowest BCUT2D eigenvalue weighted by Gasteiger charge is -2.41. The van der Waals surface area contributed by atoms with Crippen LogP contribution >= 0.6 is 0 Å². The monoisotopic (exact) mass is 256 g/mol. The molecule has 7 heteroatoms. The maximum absolute atomic E-state index is 11.8. The first-order chi connectivity index (χ1) is 8.31. The molecule has 0 radical (unpaired) electrons. The topological polar surface area (TPSA) is 117 Å². The number of rotatable bonds is 5. The summed E-state index contributed by atoms with van der Waals surface area (Å²) in [5, 5.41) is 19.3. The van der Waals surface area contributed by atoms with E-state index in [0.29, 0.717) is 0 Å². The molecule has 0 aliphatic carbocycles. The number of carbonyl (C=O) groups is 3. The molecule has 100 valence electrons. The minimum Gasteiger partial charge on any atom is -0.464 e. The molecule has 0 aromatic carbocycles. The van der Waals surface area contributed by atoms with Gasteiger partial charge in [0.2, 0.25) is 5.91 Å². The first kappa shape index (κ1) is 14.3. The number of aliphatic hydroxyl groups is 1. The first-order valence-electron chi connectivity index (χ1n) is 5.50. The Kier molecular flexibility index (Phi) is 4.18. The van der Waals surface area contributed by atoms with Gasteiger partial charge >= 0.3 is 5.97 Å². The number of ether oxygens (including phenoxy) is 1. The van der Waals surface area contributed by atoms with Crippen LogP contribution in [-0.4, -0.2) is 47.7 Å². The number of carbonyl (C=O) groups excluding carboxylic acids is 3. The standard InChI is InChI=1S/C11H16N2O5/c1-4(9(15)7(12)11(17)18-3)8-6(5(2)14)10(16)13-8/h4-6,8,12,14H,1-3H3,(H,13,16)/t4-,5-,6-,8-/m1/s1. The van der Waals surface area contributed by atoms with Crippen LogP contribution in [0.3, 0.4) is 0 Å². The van der Waals surface area contributed by atoms with Gasteiger partial charge in [-0.15, -0.1) is 0 Å². The number of nitrogens with one attached hydrogen (secondary N) is 2. The van der Waals surface area contributed by atoms with Gasteiger partial charge in [-0.2, -0.15) is 0 Å². The van der Waals surface area contributed by atoms with Crippen molar-refractivity contribution in [2.24, 2.45) is 11.8 Å². The predicted octanol–water partition coefficient (Wildman–Crippen LogP) is -1.12. The SMILES string of the molecule is COC(=O)C(=N)C(=O)[C@H](C)[C@H]1NC(=O)[C@@H]1[C@@H](C)O. The van der Waals surface area contributed by atoms with Crippen LogP contribution in [-0.2, 0) is 19.1 Å². The maximum Gasteiger partial charge on any atom is 0.359 e. The first-order valence-corrected chi connectivity index (χ1v) is 5.50. The highest BCUT2D eigenvalue weighted by molar-refractivity contribution is 6.63. The molecular formula is C11H16N2O5. The van der Waals surface area contributed by atoms with Gasteiger partial charge in [0, 0.05) is 5.92 Å². The summed E-state index contributed by atoms with van der Waals surface area (Å²) in [5.74, 6) is -3.49. The molecule has 0 bridgehead atoms. The zero-order chi connectivity index (χ0) is 14.0. The molecule has 3 N–H and O–H groups in total.